The number of para-hydroxylation sites is 1. The summed E-state index contributed by atoms with van der Waals surface area (Å²) in [6.07, 6.45) is 3.45. The molecule has 1 amide bonds. The first-order valence-corrected chi connectivity index (χ1v) is 8.83. The van der Waals surface area contributed by atoms with Crippen molar-refractivity contribution in [1.82, 2.24) is 4.90 Å². The Bertz CT molecular complexity index is 661. The lowest BCUT2D eigenvalue weighted by molar-refractivity contribution is -0.0434. The molecule has 6 heteroatoms. The quantitative estimate of drug-likeness (QED) is 0.782. The van der Waals surface area contributed by atoms with E-state index in [4.69, 9.17) is 18.9 Å². The molecule has 3 atom stereocenters. The molecule has 2 aliphatic heterocycles. The molecule has 4 rings (SSSR count). The van der Waals surface area contributed by atoms with Crippen molar-refractivity contribution in [3.8, 4) is 11.5 Å². The molecular formula is C19H23NO5. The van der Waals surface area contributed by atoms with Crippen molar-refractivity contribution in [1.29, 1.82) is 0 Å². The highest BCUT2D eigenvalue weighted by Crippen LogP contribution is 2.37. The number of hydrogen-bond acceptors (Lipinski definition) is 5. The average molecular weight is 345 g/mol. The van der Waals surface area contributed by atoms with E-state index < -0.39 is 0 Å². The van der Waals surface area contributed by atoms with Crippen molar-refractivity contribution < 1.29 is 23.7 Å². The van der Waals surface area contributed by atoms with Crippen LogP contribution in [0.4, 0.5) is 0 Å². The molecule has 2 fully saturated rings. The highest BCUT2D eigenvalue weighted by molar-refractivity contribution is 5.98. The largest absolute Gasteiger partial charge is 0.486 e. The van der Waals surface area contributed by atoms with Crippen LogP contribution in [0.1, 0.15) is 23.2 Å². The predicted molar refractivity (Wildman–Crippen MR) is 91.2 cm³/mol. The minimum atomic E-state index is -0.110. The third-order valence-corrected chi connectivity index (χ3v) is 5.02. The van der Waals surface area contributed by atoms with Gasteiger partial charge in [-0.05, 0) is 25.0 Å². The third kappa shape index (κ3) is 3.00. The van der Waals surface area contributed by atoms with E-state index in [2.05, 4.69) is 6.58 Å². The van der Waals surface area contributed by atoms with Gasteiger partial charge in [0.25, 0.3) is 5.91 Å². The van der Waals surface area contributed by atoms with Gasteiger partial charge in [0.2, 0.25) is 0 Å². The first kappa shape index (κ1) is 16.4. The summed E-state index contributed by atoms with van der Waals surface area (Å²) >= 11 is 0. The normalized spacial score (nSPS) is 27.7. The van der Waals surface area contributed by atoms with E-state index in [1.807, 2.05) is 17.0 Å². The molecule has 6 nitrogen and oxygen atoms in total. The summed E-state index contributed by atoms with van der Waals surface area (Å²) in [5, 5.41) is 0. The number of rotatable bonds is 4. The van der Waals surface area contributed by atoms with Gasteiger partial charge < -0.3 is 23.8 Å². The zero-order valence-electron chi connectivity index (χ0n) is 14.2. The minimum absolute atomic E-state index is 0.0142. The lowest BCUT2D eigenvalue weighted by Gasteiger charge is -2.32. The maximum atomic E-state index is 13.3. The number of fused-ring (bicyclic) bond motifs is 3. The molecule has 1 aliphatic carbocycles. The van der Waals surface area contributed by atoms with Crippen molar-refractivity contribution in [2.75, 3.05) is 33.0 Å². The monoisotopic (exact) mass is 345 g/mol. The van der Waals surface area contributed by atoms with Crippen LogP contribution in [0.2, 0.25) is 0 Å². The number of nitrogens with zero attached hydrogens (tertiary/aromatic N) is 1. The summed E-state index contributed by atoms with van der Waals surface area (Å²) in [6.45, 7) is 6.21. The first-order chi connectivity index (χ1) is 12.3. The molecular weight excluding hydrogens is 322 g/mol. The van der Waals surface area contributed by atoms with E-state index in [9.17, 15) is 4.79 Å². The number of ether oxygens (including phenoxy) is 4. The third-order valence-electron chi connectivity index (χ3n) is 5.02. The molecule has 134 valence electrons. The number of benzene rings is 1. The van der Waals surface area contributed by atoms with Gasteiger partial charge in [-0.3, -0.25) is 4.79 Å². The van der Waals surface area contributed by atoms with Crippen LogP contribution in [0.15, 0.2) is 30.9 Å². The van der Waals surface area contributed by atoms with Crippen molar-refractivity contribution in [3.05, 3.63) is 36.4 Å². The fraction of sp³-hybridized carbons (Fsp3) is 0.526. The second-order valence-electron chi connectivity index (χ2n) is 6.47. The molecule has 0 spiro atoms. The standard InChI is InChI=1S/C19H23NO5/c1-2-9-24-18-14-6-7-16(18)22-10-8-20(14)19(21)13-4-3-5-15-17(13)25-12-11-23-15/h2-5,14,16,18H,1,6-12H2. The Balaban J connectivity index is 1.62. The molecule has 1 aromatic carbocycles. The van der Waals surface area contributed by atoms with Crippen LogP contribution in [0.25, 0.3) is 0 Å². The molecule has 2 heterocycles. The van der Waals surface area contributed by atoms with Crippen LogP contribution in [-0.2, 0) is 9.47 Å². The van der Waals surface area contributed by atoms with E-state index in [0.717, 1.165) is 12.8 Å². The van der Waals surface area contributed by atoms with Crippen molar-refractivity contribution in [3.63, 3.8) is 0 Å². The van der Waals surface area contributed by atoms with Crippen LogP contribution in [-0.4, -0.2) is 62.0 Å². The number of carbonyl (C=O) groups is 1. The molecule has 1 saturated heterocycles. The molecule has 0 radical (unpaired) electrons. The van der Waals surface area contributed by atoms with E-state index in [1.54, 1.807) is 12.1 Å². The number of carbonyl (C=O) groups excluding carboxylic acids is 1. The molecule has 0 aromatic heterocycles. The Labute approximate surface area is 147 Å². The smallest absolute Gasteiger partial charge is 0.258 e. The lowest BCUT2D eigenvalue weighted by atomic mass is 10.1. The van der Waals surface area contributed by atoms with Gasteiger partial charge in [-0.25, -0.2) is 0 Å². The molecule has 2 bridgehead atoms. The fourth-order valence-electron chi connectivity index (χ4n) is 3.94. The van der Waals surface area contributed by atoms with Crippen LogP contribution in [0, 0.1) is 0 Å². The molecule has 0 N–H and O–H groups in total. The summed E-state index contributed by atoms with van der Waals surface area (Å²) in [5.41, 5.74) is 0.546. The van der Waals surface area contributed by atoms with E-state index in [0.29, 0.717) is 50.0 Å². The van der Waals surface area contributed by atoms with Gasteiger partial charge in [0.05, 0.1) is 30.9 Å². The number of amides is 1. The van der Waals surface area contributed by atoms with Gasteiger partial charge >= 0.3 is 0 Å². The summed E-state index contributed by atoms with van der Waals surface area (Å²) in [5.74, 6) is 1.12. The number of hydrogen-bond donors (Lipinski definition) is 0. The van der Waals surface area contributed by atoms with Crippen LogP contribution in [0.3, 0.4) is 0 Å². The van der Waals surface area contributed by atoms with Crippen molar-refractivity contribution >= 4 is 5.91 Å². The molecule has 1 saturated carbocycles. The Morgan fingerprint density at radius 3 is 3.04 bits per heavy atom. The second kappa shape index (κ2) is 7.06. The molecule has 3 unspecified atom stereocenters. The van der Waals surface area contributed by atoms with Crippen LogP contribution >= 0.6 is 0 Å². The Kier molecular flexibility index (Phi) is 4.63. The predicted octanol–water partition coefficient (Wildman–Crippen LogP) is 2.03. The highest BCUT2D eigenvalue weighted by atomic mass is 16.6. The van der Waals surface area contributed by atoms with E-state index in [-0.39, 0.29) is 24.2 Å². The maximum Gasteiger partial charge on any atom is 0.258 e. The van der Waals surface area contributed by atoms with Gasteiger partial charge in [0.15, 0.2) is 11.5 Å². The van der Waals surface area contributed by atoms with Crippen LogP contribution < -0.4 is 9.47 Å². The zero-order chi connectivity index (χ0) is 17.2. The molecule has 1 aromatic rings. The van der Waals surface area contributed by atoms with Gasteiger partial charge in [-0.2, -0.15) is 0 Å². The summed E-state index contributed by atoms with van der Waals surface area (Å²) in [6, 6.07) is 5.48. The summed E-state index contributed by atoms with van der Waals surface area (Å²) in [4.78, 5) is 15.2. The average Bonchev–Trinajstić information content (AvgIpc) is 2.94. The van der Waals surface area contributed by atoms with Crippen molar-refractivity contribution in [2.45, 2.75) is 31.1 Å². The Morgan fingerprint density at radius 1 is 1.28 bits per heavy atom. The SMILES string of the molecule is C=CCOC1C2CCC1N(C(=O)c1cccc3c1OCCO3)CCO2. The Hall–Kier alpha value is -2.05. The van der Waals surface area contributed by atoms with Gasteiger partial charge in [-0.1, -0.05) is 12.1 Å². The topological polar surface area (TPSA) is 57.2 Å². The summed E-state index contributed by atoms with van der Waals surface area (Å²) in [7, 11) is 0. The Morgan fingerprint density at radius 2 is 2.16 bits per heavy atom. The maximum absolute atomic E-state index is 13.3. The van der Waals surface area contributed by atoms with Gasteiger partial charge in [0, 0.05) is 6.54 Å². The summed E-state index contributed by atoms with van der Waals surface area (Å²) < 4.78 is 23.2. The fourth-order valence-corrected chi connectivity index (χ4v) is 3.94. The van der Waals surface area contributed by atoms with Crippen molar-refractivity contribution in [2.24, 2.45) is 0 Å². The lowest BCUT2D eigenvalue weighted by Crippen LogP contribution is -2.46. The minimum Gasteiger partial charge on any atom is -0.486 e. The van der Waals surface area contributed by atoms with Gasteiger partial charge in [-0.15, -0.1) is 6.58 Å². The van der Waals surface area contributed by atoms with E-state index >= 15 is 0 Å². The first-order valence-electron chi connectivity index (χ1n) is 8.83. The molecule has 25 heavy (non-hydrogen) atoms. The molecule has 3 aliphatic rings. The van der Waals surface area contributed by atoms with Gasteiger partial charge in [0.1, 0.15) is 19.3 Å². The highest BCUT2D eigenvalue weighted by Gasteiger charge is 2.45. The second-order valence-corrected chi connectivity index (χ2v) is 6.47. The van der Waals surface area contributed by atoms with Crippen LogP contribution in [0.5, 0.6) is 11.5 Å². The van der Waals surface area contributed by atoms with E-state index in [1.165, 1.54) is 0 Å². The zero-order valence-corrected chi connectivity index (χ0v) is 14.2.